The number of carbonyl (C=O) groups is 1. The van der Waals surface area contributed by atoms with E-state index >= 15 is 0 Å². The van der Waals surface area contributed by atoms with E-state index in [2.05, 4.69) is 51.8 Å². The fourth-order valence-electron chi connectivity index (χ4n) is 2.39. The molecule has 2 amide bonds. The summed E-state index contributed by atoms with van der Waals surface area (Å²) in [4.78, 5) is 16.4. The lowest BCUT2D eigenvalue weighted by molar-refractivity contribution is 0.219. The van der Waals surface area contributed by atoms with Crippen molar-refractivity contribution < 1.29 is 4.79 Å². The molecular formula is C16H21N7O. The summed E-state index contributed by atoms with van der Waals surface area (Å²) in [5.74, 6) is 0. The number of carbonyl (C=O) groups excluding carboxylic acids is 1. The van der Waals surface area contributed by atoms with E-state index in [-0.39, 0.29) is 17.5 Å². The normalized spacial score (nSPS) is 13.0. The predicted octanol–water partition coefficient (Wildman–Crippen LogP) is 2.39. The number of H-pyrrole nitrogens is 1. The van der Waals surface area contributed by atoms with Crippen LogP contribution < -0.4 is 10.6 Å². The molecule has 0 bridgehead atoms. The maximum absolute atomic E-state index is 12.4. The quantitative estimate of drug-likeness (QED) is 0.685. The van der Waals surface area contributed by atoms with Gasteiger partial charge in [-0.1, -0.05) is 20.8 Å². The van der Waals surface area contributed by atoms with Crippen molar-refractivity contribution in [2.75, 3.05) is 5.32 Å². The molecular weight excluding hydrogens is 306 g/mol. The van der Waals surface area contributed by atoms with Crippen LogP contribution in [0.4, 0.5) is 10.5 Å². The van der Waals surface area contributed by atoms with Gasteiger partial charge in [0.1, 0.15) is 11.0 Å². The number of nitrogens with one attached hydrogen (secondary N) is 3. The van der Waals surface area contributed by atoms with Crippen LogP contribution in [-0.4, -0.2) is 37.0 Å². The Labute approximate surface area is 139 Å². The van der Waals surface area contributed by atoms with Gasteiger partial charge in [-0.15, -0.1) is 0 Å². The summed E-state index contributed by atoms with van der Waals surface area (Å²) in [6.07, 6.45) is 5.36. The predicted molar refractivity (Wildman–Crippen MR) is 91.5 cm³/mol. The van der Waals surface area contributed by atoms with Crippen LogP contribution in [0.1, 0.15) is 20.8 Å². The number of aromatic nitrogens is 5. The SMILES string of the molecule is CC(C)(C)[C@@H](Cn1ccnc1)NC(=O)Nc1ccc2n[nH]nc2c1. The van der Waals surface area contributed by atoms with Gasteiger partial charge in [0.05, 0.1) is 12.4 Å². The Morgan fingerprint density at radius 3 is 2.79 bits per heavy atom. The molecule has 0 radical (unpaired) electrons. The summed E-state index contributed by atoms with van der Waals surface area (Å²) >= 11 is 0. The summed E-state index contributed by atoms with van der Waals surface area (Å²) in [6.45, 7) is 6.93. The number of hydrogen-bond donors (Lipinski definition) is 3. The van der Waals surface area contributed by atoms with Gasteiger partial charge in [-0.3, -0.25) is 0 Å². The highest BCUT2D eigenvalue weighted by atomic mass is 16.2. The Kier molecular flexibility index (Phi) is 4.20. The minimum absolute atomic E-state index is 0.0533. The fraction of sp³-hybridized carbons (Fsp3) is 0.375. The number of imidazole rings is 1. The van der Waals surface area contributed by atoms with Gasteiger partial charge < -0.3 is 15.2 Å². The Morgan fingerprint density at radius 2 is 2.08 bits per heavy atom. The first-order valence-corrected chi connectivity index (χ1v) is 7.75. The van der Waals surface area contributed by atoms with Crippen molar-refractivity contribution in [3.8, 4) is 0 Å². The second-order valence-electron chi connectivity index (χ2n) is 6.80. The number of urea groups is 1. The number of amides is 2. The van der Waals surface area contributed by atoms with Crippen LogP contribution in [0.25, 0.3) is 11.0 Å². The molecule has 0 spiro atoms. The summed E-state index contributed by atoms with van der Waals surface area (Å²) in [5.41, 5.74) is 2.04. The Morgan fingerprint density at radius 1 is 1.29 bits per heavy atom. The summed E-state index contributed by atoms with van der Waals surface area (Å²) in [6, 6.07) is 5.08. The lowest BCUT2D eigenvalue weighted by atomic mass is 9.86. The molecule has 0 aliphatic carbocycles. The molecule has 3 aromatic rings. The molecule has 2 heterocycles. The Bertz CT molecular complexity index is 816. The van der Waals surface area contributed by atoms with Crippen molar-refractivity contribution in [2.45, 2.75) is 33.4 Å². The van der Waals surface area contributed by atoms with Gasteiger partial charge in [0.25, 0.3) is 0 Å². The van der Waals surface area contributed by atoms with Crippen LogP contribution in [-0.2, 0) is 6.54 Å². The molecule has 24 heavy (non-hydrogen) atoms. The summed E-state index contributed by atoms with van der Waals surface area (Å²) in [5, 5.41) is 16.5. The molecule has 3 rings (SSSR count). The summed E-state index contributed by atoms with van der Waals surface area (Å²) in [7, 11) is 0. The molecule has 2 aromatic heterocycles. The molecule has 0 saturated carbocycles. The van der Waals surface area contributed by atoms with Crippen molar-refractivity contribution in [3.05, 3.63) is 36.9 Å². The monoisotopic (exact) mass is 327 g/mol. The highest BCUT2D eigenvalue weighted by Crippen LogP contribution is 2.21. The molecule has 0 aliphatic rings. The lowest BCUT2D eigenvalue weighted by Crippen LogP contribution is -2.47. The lowest BCUT2D eigenvalue weighted by Gasteiger charge is -2.31. The van der Waals surface area contributed by atoms with Gasteiger partial charge in [-0.25, -0.2) is 9.78 Å². The van der Waals surface area contributed by atoms with Crippen molar-refractivity contribution in [2.24, 2.45) is 5.41 Å². The molecule has 0 fully saturated rings. The zero-order chi connectivity index (χ0) is 17.2. The number of hydrogen-bond acceptors (Lipinski definition) is 4. The molecule has 0 aliphatic heterocycles. The maximum Gasteiger partial charge on any atom is 0.319 e. The largest absolute Gasteiger partial charge is 0.335 e. The average molecular weight is 327 g/mol. The summed E-state index contributed by atoms with van der Waals surface area (Å²) < 4.78 is 1.96. The van der Waals surface area contributed by atoms with Crippen LogP contribution in [0.2, 0.25) is 0 Å². The van der Waals surface area contributed by atoms with E-state index in [1.54, 1.807) is 30.7 Å². The Hall–Kier alpha value is -2.90. The average Bonchev–Trinajstić information content (AvgIpc) is 3.16. The minimum Gasteiger partial charge on any atom is -0.335 e. The van der Waals surface area contributed by atoms with Crippen LogP contribution in [0.5, 0.6) is 0 Å². The van der Waals surface area contributed by atoms with E-state index in [0.29, 0.717) is 17.7 Å². The van der Waals surface area contributed by atoms with Crippen molar-refractivity contribution in [1.82, 2.24) is 30.3 Å². The number of aromatic amines is 1. The zero-order valence-corrected chi connectivity index (χ0v) is 13.9. The third-order valence-electron chi connectivity index (χ3n) is 3.88. The van der Waals surface area contributed by atoms with Crippen LogP contribution in [0.15, 0.2) is 36.9 Å². The molecule has 3 N–H and O–H groups in total. The zero-order valence-electron chi connectivity index (χ0n) is 13.9. The standard InChI is InChI=1S/C16H21N7O/c1-16(2,3)14(9-23-7-6-17-10-23)19-15(24)18-11-4-5-12-13(8-11)21-22-20-12/h4-8,10,14H,9H2,1-3H3,(H2,18,19,24)(H,20,21,22)/t14-/m1/s1. The fourth-order valence-corrected chi connectivity index (χ4v) is 2.39. The number of anilines is 1. The van der Waals surface area contributed by atoms with E-state index < -0.39 is 0 Å². The van der Waals surface area contributed by atoms with Crippen LogP contribution >= 0.6 is 0 Å². The highest BCUT2D eigenvalue weighted by molar-refractivity contribution is 5.91. The molecule has 8 nitrogen and oxygen atoms in total. The molecule has 1 aromatic carbocycles. The molecule has 126 valence electrons. The first-order chi connectivity index (χ1) is 11.4. The van der Waals surface area contributed by atoms with Crippen LogP contribution in [0, 0.1) is 5.41 Å². The van der Waals surface area contributed by atoms with Gasteiger partial charge in [0.15, 0.2) is 0 Å². The van der Waals surface area contributed by atoms with Gasteiger partial charge in [0, 0.05) is 24.6 Å². The van der Waals surface area contributed by atoms with E-state index in [1.165, 1.54) is 0 Å². The van der Waals surface area contributed by atoms with E-state index in [4.69, 9.17) is 0 Å². The third kappa shape index (κ3) is 3.70. The highest BCUT2D eigenvalue weighted by Gasteiger charge is 2.26. The molecule has 0 unspecified atom stereocenters. The smallest absolute Gasteiger partial charge is 0.319 e. The number of benzene rings is 1. The molecule has 1 atom stereocenters. The second kappa shape index (κ2) is 6.31. The van der Waals surface area contributed by atoms with E-state index in [9.17, 15) is 4.79 Å². The second-order valence-corrected chi connectivity index (χ2v) is 6.80. The van der Waals surface area contributed by atoms with E-state index in [1.807, 2.05) is 10.8 Å². The van der Waals surface area contributed by atoms with Gasteiger partial charge in [0.2, 0.25) is 0 Å². The van der Waals surface area contributed by atoms with Crippen LogP contribution in [0.3, 0.4) is 0 Å². The van der Waals surface area contributed by atoms with Crippen molar-refractivity contribution in [1.29, 1.82) is 0 Å². The topological polar surface area (TPSA) is 101 Å². The minimum atomic E-state index is -0.252. The van der Waals surface area contributed by atoms with E-state index in [0.717, 1.165) is 5.52 Å². The number of rotatable bonds is 4. The van der Waals surface area contributed by atoms with Gasteiger partial charge in [-0.2, -0.15) is 15.4 Å². The molecule has 8 heteroatoms. The Balaban J connectivity index is 1.68. The molecule has 0 saturated heterocycles. The number of fused-ring (bicyclic) bond motifs is 1. The first kappa shape index (κ1) is 16.0. The van der Waals surface area contributed by atoms with Crippen molar-refractivity contribution in [3.63, 3.8) is 0 Å². The van der Waals surface area contributed by atoms with Gasteiger partial charge in [-0.05, 0) is 23.6 Å². The third-order valence-corrected chi connectivity index (χ3v) is 3.88. The first-order valence-electron chi connectivity index (χ1n) is 7.75. The maximum atomic E-state index is 12.4. The number of nitrogens with zero attached hydrogens (tertiary/aromatic N) is 4. The van der Waals surface area contributed by atoms with Crippen molar-refractivity contribution >= 4 is 22.8 Å². The van der Waals surface area contributed by atoms with Gasteiger partial charge >= 0.3 is 6.03 Å².